The summed E-state index contributed by atoms with van der Waals surface area (Å²) in [6.45, 7) is 6.16. The van der Waals surface area contributed by atoms with Gasteiger partial charge in [-0.25, -0.2) is 0 Å². The SMILES string of the molecule is COCCOc1cccc(NC(=O)CNc2cccc(OCCC(C)C)c2)c1. The molecule has 0 saturated carbocycles. The fourth-order valence-electron chi connectivity index (χ4n) is 2.40. The topological polar surface area (TPSA) is 68.8 Å². The van der Waals surface area contributed by atoms with Gasteiger partial charge in [0.15, 0.2) is 0 Å². The van der Waals surface area contributed by atoms with E-state index in [4.69, 9.17) is 14.2 Å². The van der Waals surface area contributed by atoms with Crippen LogP contribution in [-0.2, 0) is 9.53 Å². The molecule has 0 aromatic heterocycles. The van der Waals surface area contributed by atoms with Gasteiger partial charge in [0.25, 0.3) is 0 Å². The predicted octanol–water partition coefficient (Wildman–Crippen LogP) is 4.19. The Morgan fingerprint density at radius 3 is 2.25 bits per heavy atom. The first-order valence-corrected chi connectivity index (χ1v) is 9.55. The van der Waals surface area contributed by atoms with Crippen molar-refractivity contribution in [2.24, 2.45) is 5.92 Å². The highest BCUT2D eigenvalue weighted by molar-refractivity contribution is 5.93. The van der Waals surface area contributed by atoms with Gasteiger partial charge in [0.1, 0.15) is 18.1 Å². The molecule has 152 valence electrons. The Kier molecular flexibility index (Phi) is 9.15. The first-order chi connectivity index (χ1) is 13.6. The summed E-state index contributed by atoms with van der Waals surface area (Å²) in [5.74, 6) is 1.95. The van der Waals surface area contributed by atoms with Crippen LogP contribution in [-0.4, -0.2) is 39.4 Å². The Labute approximate surface area is 167 Å². The third-order valence-corrected chi connectivity index (χ3v) is 3.93. The zero-order valence-electron chi connectivity index (χ0n) is 16.9. The summed E-state index contributed by atoms with van der Waals surface area (Å²) in [6, 6.07) is 14.9. The summed E-state index contributed by atoms with van der Waals surface area (Å²) >= 11 is 0. The zero-order valence-corrected chi connectivity index (χ0v) is 16.9. The lowest BCUT2D eigenvalue weighted by Crippen LogP contribution is -2.21. The van der Waals surface area contributed by atoms with Crippen LogP contribution in [0.15, 0.2) is 48.5 Å². The first kappa shape index (κ1) is 21.6. The zero-order chi connectivity index (χ0) is 20.2. The largest absolute Gasteiger partial charge is 0.494 e. The Bertz CT molecular complexity index is 734. The van der Waals surface area contributed by atoms with Crippen molar-refractivity contribution in [3.05, 3.63) is 48.5 Å². The number of rotatable bonds is 12. The van der Waals surface area contributed by atoms with Crippen molar-refractivity contribution in [1.82, 2.24) is 0 Å². The molecule has 1 amide bonds. The molecule has 0 radical (unpaired) electrons. The van der Waals surface area contributed by atoms with E-state index in [-0.39, 0.29) is 12.5 Å². The second-order valence-electron chi connectivity index (χ2n) is 6.83. The van der Waals surface area contributed by atoms with Crippen molar-refractivity contribution in [1.29, 1.82) is 0 Å². The minimum Gasteiger partial charge on any atom is -0.494 e. The maximum atomic E-state index is 12.2. The number of methoxy groups -OCH3 is 1. The summed E-state index contributed by atoms with van der Waals surface area (Å²) in [4.78, 5) is 12.2. The maximum absolute atomic E-state index is 12.2. The Morgan fingerprint density at radius 2 is 1.57 bits per heavy atom. The van der Waals surface area contributed by atoms with Gasteiger partial charge < -0.3 is 24.8 Å². The van der Waals surface area contributed by atoms with Crippen molar-refractivity contribution < 1.29 is 19.0 Å². The van der Waals surface area contributed by atoms with Crippen LogP contribution in [0.4, 0.5) is 11.4 Å². The van der Waals surface area contributed by atoms with Gasteiger partial charge in [-0.1, -0.05) is 26.0 Å². The molecule has 2 aromatic rings. The average molecular weight is 386 g/mol. The van der Waals surface area contributed by atoms with Crippen molar-refractivity contribution >= 4 is 17.3 Å². The van der Waals surface area contributed by atoms with E-state index in [1.807, 2.05) is 42.5 Å². The Morgan fingerprint density at radius 1 is 0.929 bits per heavy atom. The van der Waals surface area contributed by atoms with Gasteiger partial charge in [-0.05, 0) is 36.6 Å². The van der Waals surface area contributed by atoms with E-state index in [1.165, 1.54) is 0 Å². The number of carbonyl (C=O) groups excluding carboxylic acids is 1. The van der Waals surface area contributed by atoms with E-state index in [9.17, 15) is 4.79 Å². The summed E-state index contributed by atoms with van der Waals surface area (Å²) < 4.78 is 16.3. The molecule has 0 unspecified atom stereocenters. The maximum Gasteiger partial charge on any atom is 0.243 e. The Hall–Kier alpha value is -2.73. The van der Waals surface area contributed by atoms with Crippen LogP contribution in [0.25, 0.3) is 0 Å². The van der Waals surface area contributed by atoms with Crippen LogP contribution in [0.5, 0.6) is 11.5 Å². The quantitative estimate of drug-likeness (QED) is 0.536. The van der Waals surface area contributed by atoms with Gasteiger partial charge in [0.2, 0.25) is 5.91 Å². The highest BCUT2D eigenvalue weighted by atomic mass is 16.5. The van der Waals surface area contributed by atoms with Gasteiger partial charge >= 0.3 is 0 Å². The molecule has 0 aliphatic carbocycles. The van der Waals surface area contributed by atoms with Crippen molar-refractivity contribution in [3.8, 4) is 11.5 Å². The van der Waals surface area contributed by atoms with E-state index in [0.29, 0.717) is 37.2 Å². The molecule has 0 aliphatic heterocycles. The second-order valence-corrected chi connectivity index (χ2v) is 6.83. The average Bonchev–Trinajstić information content (AvgIpc) is 2.67. The Balaban J connectivity index is 1.80. The van der Waals surface area contributed by atoms with Crippen LogP contribution in [0, 0.1) is 5.92 Å². The fourth-order valence-corrected chi connectivity index (χ4v) is 2.40. The molecule has 6 nitrogen and oxygen atoms in total. The molecule has 2 N–H and O–H groups in total. The van der Waals surface area contributed by atoms with Crippen molar-refractivity contribution in [3.63, 3.8) is 0 Å². The molecule has 0 atom stereocenters. The molecular formula is C22H30N2O4. The molecule has 0 bridgehead atoms. The summed E-state index contributed by atoms with van der Waals surface area (Å²) in [6.07, 6.45) is 1.01. The minimum atomic E-state index is -0.139. The van der Waals surface area contributed by atoms with E-state index >= 15 is 0 Å². The number of benzene rings is 2. The summed E-state index contributed by atoms with van der Waals surface area (Å²) in [7, 11) is 1.63. The number of carbonyl (C=O) groups is 1. The highest BCUT2D eigenvalue weighted by Crippen LogP contribution is 2.19. The molecule has 0 aliphatic rings. The lowest BCUT2D eigenvalue weighted by atomic mass is 10.1. The molecule has 0 fully saturated rings. The molecule has 2 rings (SSSR count). The number of hydrogen-bond donors (Lipinski definition) is 2. The van der Waals surface area contributed by atoms with Gasteiger partial charge in [-0.2, -0.15) is 0 Å². The highest BCUT2D eigenvalue weighted by Gasteiger charge is 2.05. The van der Waals surface area contributed by atoms with Gasteiger partial charge in [-0.15, -0.1) is 0 Å². The third kappa shape index (κ3) is 8.31. The second kappa shape index (κ2) is 11.9. The standard InChI is InChI=1S/C22H30N2O4/c1-17(2)10-11-27-20-8-4-6-18(14-20)23-16-22(25)24-19-7-5-9-21(15-19)28-13-12-26-3/h4-9,14-15,17,23H,10-13,16H2,1-3H3,(H,24,25). The molecule has 28 heavy (non-hydrogen) atoms. The van der Waals surface area contributed by atoms with Gasteiger partial charge in [-0.3, -0.25) is 4.79 Å². The van der Waals surface area contributed by atoms with E-state index in [0.717, 1.165) is 17.9 Å². The number of anilines is 2. The van der Waals surface area contributed by atoms with Crippen LogP contribution in [0.3, 0.4) is 0 Å². The molecule has 0 saturated heterocycles. The minimum absolute atomic E-state index is 0.139. The molecular weight excluding hydrogens is 356 g/mol. The van der Waals surface area contributed by atoms with Crippen LogP contribution in [0.1, 0.15) is 20.3 Å². The van der Waals surface area contributed by atoms with Crippen LogP contribution >= 0.6 is 0 Å². The smallest absolute Gasteiger partial charge is 0.243 e. The van der Waals surface area contributed by atoms with Gasteiger partial charge in [0.05, 0.1) is 19.8 Å². The molecule has 0 spiro atoms. The van der Waals surface area contributed by atoms with E-state index in [2.05, 4.69) is 24.5 Å². The summed E-state index contributed by atoms with van der Waals surface area (Å²) in [5, 5.41) is 5.98. The van der Waals surface area contributed by atoms with Gasteiger partial charge in [0, 0.05) is 30.6 Å². The molecule has 2 aromatic carbocycles. The number of ether oxygens (including phenoxy) is 3. The normalized spacial score (nSPS) is 10.6. The summed E-state index contributed by atoms with van der Waals surface area (Å²) in [5.41, 5.74) is 1.53. The first-order valence-electron chi connectivity index (χ1n) is 9.55. The fraction of sp³-hybridized carbons (Fsp3) is 0.409. The lowest BCUT2D eigenvalue weighted by molar-refractivity contribution is -0.114. The number of hydrogen-bond acceptors (Lipinski definition) is 5. The number of nitrogens with one attached hydrogen (secondary N) is 2. The van der Waals surface area contributed by atoms with Crippen molar-refractivity contribution in [2.75, 3.05) is 44.1 Å². The number of amides is 1. The van der Waals surface area contributed by atoms with E-state index in [1.54, 1.807) is 13.2 Å². The third-order valence-electron chi connectivity index (χ3n) is 3.93. The molecule has 6 heteroatoms. The van der Waals surface area contributed by atoms with Crippen LogP contribution < -0.4 is 20.1 Å². The van der Waals surface area contributed by atoms with E-state index < -0.39 is 0 Å². The molecule has 0 heterocycles. The predicted molar refractivity (Wildman–Crippen MR) is 112 cm³/mol. The van der Waals surface area contributed by atoms with Crippen LogP contribution in [0.2, 0.25) is 0 Å². The lowest BCUT2D eigenvalue weighted by Gasteiger charge is -2.12. The van der Waals surface area contributed by atoms with Crippen molar-refractivity contribution in [2.45, 2.75) is 20.3 Å². The monoisotopic (exact) mass is 386 g/mol.